The fourth-order valence-corrected chi connectivity index (χ4v) is 2.90. The minimum Gasteiger partial charge on any atom is -0.465 e. The molecule has 5 nitrogen and oxygen atoms in total. The number of H-pyrrole nitrogens is 1. The lowest BCUT2D eigenvalue weighted by molar-refractivity contribution is -0.124. The molecule has 0 radical (unpaired) electrons. The smallest absolute Gasteiger partial charge is 0.246 e. The molecule has 1 amide bonds. The van der Waals surface area contributed by atoms with Gasteiger partial charge in [-0.05, 0) is 55.7 Å². The van der Waals surface area contributed by atoms with Crippen molar-refractivity contribution < 1.29 is 13.6 Å². The molecule has 3 rings (SSSR count). The van der Waals surface area contributed by atoms with E-state index in [-0.39, 0.29) is 11.7 Å². The molecule has 0 aliphatic heterocycles. The van der Waals surface area contributed by atoms with Crippen LogP contribution in [0, 0.1) is 5.82 Å². The van der Waals surface area contributed by atoms with Gasteiger partial charge in [-0.3, -0.25) is 9.89 Å². The molecule has 0 fully saturated rings. The monoisotopic (exact) mass is 381 g/mol. The predicted octanol–water partition coefficient (Wildman–Crippen LogP) is 4.69. The summed E-state index contributed by atoms with van der Waals surface area (Å²) in [6.07, 6.45) is 8.59. The summed E-state index contributed by atoms with van der Waals surface area (Å²) >= 11 is 0. The van der Waals surface area contributed by atoms with Crippen LogP contribution in [-0.4, -0.2) is 34.6 Å². The third-order valence-electron chi connectivity index (χ3n) is 4.50. The van der Waals surface area contributed by atoms with E-state index in [1.54, 1.807) is 42.5 Å². The number of carbonyl (C=O) groups is 1. The Bertz CT molecular complexity index is 916. The number of furan rings is 1. The zero-order valence-corrected chi connectivity index (χ0v) is 15.9. The number of aromatic nitrogens is 2. The lowest BCUT2D eigenvalue weighted by atomic mass is 10.1. The molecule has 28 heavy (non-hydrogen) atoms. The van der Waals surface area contributed by atoms with E-state index in [1.807, 2.05) is 12.1 Å². The number of benzene rings is 1. The summed E-state index contributed by atoms with van der Waals surface area (Å²) in [6, 6.07) is 12.0. The van der Waals surface area contributed by atoms with Gasteiger partial charge in [-0.2, -0.15) is 5.10 Å². The Morgan fingerprint density at radius 3 is 2.89 bits per heavy atom. The Morgan fingerprint density at radius 1 is 1.21 bits per heavy atom. The van der Waals surface area contributed by atoms with Crippen LogP contribution in [0.1, 0.15) is 30.7 Å². The van der Waals surface area contributed by atoms with E-state index in [0.717, 1.165) is 42.6 Å². The van der Waals surface area contributed by atoms with Crippen molar-refractivity contribution in [3.63, 3.8) is 0 Å². The standard InChI is InChI=1S/C22H24FN3O2/c1-26(22(27)12-11-20-10-6-14-28-20)13-4-2-3-9-19-16-21(25-24-19)17-7-5-8-18(23)15-17/h5-8,10-12,14-16H,2-4,9,13H2,1H3,(H,24,25)/b12-11+. The molecule has 1 N–H and O–H groups in total. The number of halogens is 1. The van der Waals surface area contributed by atoms with Crippen molar-refractivity contribution in [2.24, 2.45) is 0 Å². The number of rotatable bonds is 9. The largest absolute Gasteiger partial charge is 0.465 e. The maximum absolute atomic E-state index is 13.3. The molecule has 0 saturated heterocycles. The first-order valence-electron chi connectivity index (χ1n) is 9.39. The molecule has 0 saturated carbocycles. The van der Waals surface area contributed by atoms with E-state index in [2.05, 4.69) is 10.2 Å². The SMILES string of the molecule is CN(CCCCCc1cc(-c2cccc(F)c2)n[nH]1)C(=O)/C=C/c1ccco1. The number of unbranched alkanes of at least 4 members (excludes halogenated alkanes) is 2. The van der Waals surface area contributed by atoms with Crippen LogP contribution in [0.5, 0.6) is 0 Å². The van der Waals surface area contributed by atoms with Gasteiger partial charge >= 0.3 is 0 Å². The van der Waals surface area contributed by atoms with Gasteiger partial charge in [0, 0.05) is 30.9 Å². The molecule has 0 spiro atoms. The molecule has 0 atom stereocenters. The molecule has 2 heterocycles. The first-order chi connectivity index (χ1) is 13.6. The number of amides is 1. The third kappa shape index (κ3) is 5.67. The van der Waals surface area contributed by atoms with Crippen LogP contribution < -0.4 is 0 Å². The van der Waals surface area contributed by atoms with Crippen molar-refractivity contribution in [2.75, 3.05) is 13.6 Å². The summed E-state index contributed by atoms with van der Waals surface area (Å²) in [5, 5.41) is 7.28. The van der Waals surface area contributed by atoms with Crippen LogP contribution in [-0.2, 0) is 11.2 Å². The van der Waals surface area contributed by atoms with Crippen molar-refractivity contribution >= 4 is 12.0 Å². The Morgan fingerprint density at radius 2 is 2.11 bits per heavy atom. The average molecular weight is 381 g/mol. The number of likely N-dealkylation sites (N-methyl/N-ethyl adjacent to an activating group) is 1. The summed E-state index contributed by atoms with van der Waals surface area (Å²) in [5.74, 6) is 0.364. The van der Waals surface area contributed by atoms with Gasteiger partial charge in [0.1, 0.15) is 11.6 Å². The van der Waals surface area contributed by atoms with E-state index < -0.39 is 0 Å². The predicted molar refractivity (Wildman–Crippen MR) is 107 cm³/mol. The highest BCUT2D eigenvalue weighted by atomic mass is 19.1. The Labute approximate surface area is 163 Å². The quantitative estimate of drug-likeness (QED) is 0.432. The van der Waals surface area contributed by atoms with Gasteiger partial charge in [-0.25, -0.2) is 4.39 Å². The molecule has 1 aromatic carbocycles. The normalized spacial score (nSPS) is 11.2. The third-order valence-corrected chi connectivity index (χ3v) is 4.50. The topological polar surface area (TPSA) is 62.1 Å². The summed E-state index contributed by atoms with van der Waals surface area (Å²) in [6.45, 7) is 0.707. The number of carbonyl (C=O) groups excluding carboxylic acids is 1. The minimum absolute atomic E-state index is 0.0373. The van der Waals surface area contributed by atoms with Gasteiger partial charge in [0.2, 0.25) is 5.91 Å². The van der Waals surface area contributed by atoms with Crippen molar-refractivity contribution in [3.05, 3.63) is 72.1 Å². The number of aryl methyl sites for hydroxylation is 1. The van der Waals surface area contributed by atoms with Gasteiger partial charge in [0.15, 0.2) is 0 Å². The fraction of sp³-hybridized carbons (Fsp3) is 0.273. The van der Waals surface area contributed by atoms with Crippen LogP contribution in [0.4, 0.5) is 4.39 Å². The van der Waals surface area contributed by atoms with Gasteiger partial charge in [-0.15, -0.1) is 0 Å². The van der Waals surface area contributed by atoms with Crippen molar-refractivity contribution in [3.8, 4) is 11.3 Å². The Kier molecular flexibility index (Phi) is 6.78. The second-order valence-electron chi connectivity index (χ2n) is 6.71. The average Bonchev–Trinajstić information content (AvgIpc) is 3.37. The lowest BCUT2D eigenvalue weighted by Gasteiger charge is -2.14. The first kappa shape index (κ1) is 19.6. The van der Waals surface area contributed by atoms with Crippen molar-refractivity contribution in [1.29, 1.82) is 0 Å². The molecular weight excluding hydrogens is 357 g/mol. The molecule has 0 aliphatic carbocycles. The van der Waals surface area contributed by atoms with Crippen LogP contribution in [0.15, 0.2) is 59.2 Å². The second kappa shape index (κ2) is 9.69. The van der Waals surface area contributed by atoms with Gasteiger partial charge in [0.25, 0.3) is 0 Å². The lowest BCUT2D eigenvalue weighted by Crippen LogP contribution is -2.25. The van der Waals surface area contributed by atoms with E-state index >= 15 is 0 Å². The minimum atomic E-state index is -0.264. The molecule has 6 heteroatoms. The number of nitrogens with one attached hydrogen (secondary N) is 1. The number of hydrogen-bond acceptors (Lipinski definition) is 3. The molecule has 0 aliphatic rings. The first-order valence-corrected chi connectivity index (χ1v) is 9.39. The summed E-state index contributed by atoms with van der Waals surface area (Å²) in [7, 11) is 1.80. The van der Waals surface area contributed by atoms with Crippen LogP contribution >= 0.6 is 0 Å². The van der Waals surface area contributed by atoms with Crippen LogP contribution in [0.2, 0.25) is 0 Å². The van der Waals surface area contributed by atoms with Gasteiger partial charge < -0.3 is 9.32 Å². The molecule has 0 bridgehead atoms. The highest BCUT2D eigenvalue weighted by Gasteiger charge is 2.07. The maximum atomic E-state index is 13.3. The van der Waals surface area contributed by atoms with Gasteiger partial charge in [0.05, 0.1) is 12.0 Å². The molecular formula is C22H24FN3O2. The highest BCUT2D eigenvalue weighted by molar-refractivity contribution is 5.91. The van der Waals surface area contributed by atoms with Crippen molar-refractivity contribution in [1.82, 2.24) is 15.1 Å². The number of aromatic amines is 1. The highest BCUT2D eigenvalue weighted by Crippen LogP contribution is 2.19. The van der Waals surface area contributed by atoms with Crippen molar-refractivity contribution in [2.45, 2.75) is 25.7 Å². The van der Waals surface area contributed by atoms with E-state index in [0.29, 0.717) is 12.3 Å². The van der Waals surface area contributed by atoms with E-state index in [1.165, 1.54) is 18.2 Å². The molecule has 0 unspecified atom stereocenters. The van der Waals surface area contributed by atoms with Crippen LogP contribution in [0.3, 0.4) is 0 Å². The van der Waals surface area contributed by atoms with Gasteiger partial charge in [-0.1, -0.05) is 18.6 Å². The number of nitrogens with zero attached hydrogens (tertiary/aromatic N) is 2. The molecule has 2 aromatic heterocycles. The molecule has 3 aromatic rings. The van der Waals surface area contributed by atoms with E-state index in [4.69, 9.17) is 4.42 Å². The zero-order chi connectivity index (χ0) is 19.8. The molecule has 146 valence electrons. The Balaban J connectivity index is 1.36. The van der Waals surface area contributed by atoms with E-state index in [9.17, 15) is 9.18 Å². The zero-order valence-electron chi connectivity index (χ0n) is 15.9. The second-order valence-corrected chi connectivity index (χ2v) is 6.71. The fourth-order valence-electron chi connectivity index (χ4n) is 2.90. The summed E-state index contributed by atoms with van der Waals surface area (Å²) in [4.78, 5) is 13.7. The summed E-state index contributed by atoms with van der Waals surface area (Å²) < 4.78 is 18.5. The summed E-state index contributed by atoms with van der Waals surface area (Å²) in [5.41, 5.74) is 2.55. The maximum Gasteiger partial charge on any atom is 0.246 e. The van der Waals surface area contributed by atoms with Crippen LogP contribution in [0.25, 0.3) is 17.3 Å². The Hall–Kier alpha value is -3.15. The number of hydrogen-bond donors (Lipinski definition) is 1.